The van der Waals surface area contributed by atoms with E-state index in [2.05, 4.69) is 25.9 Å². The molecule has 4 amide bonds. The molecule has 3 atom stereocenters. The first-order valence-corrected chi connectivity index (χ1v) is 15.6. The number of benzene rings is 3. The molecule has 1 unspecified atom stereocenters. The van der Waals surface area contributed by atoms with Crippen LogP contribution in [-0.4, -0.2) is 58.5 Å². The van der Waals surface area contributed by atoms with Gasteiger partial charge in [0.25, 0.3) is 5.91 Å². The number of aromatic nitrogens is 2. The second-order valence-corrected chi connectivity index (χ2v) is 12.3. The average molecular weight is 613 g/mol. The standard InChI is InChI=1S/C35H45N7O3/c1-24(2)23-42(4,35(36)45)20-8-13-31(34(44)40-25(3)29-12-7-10-27-9-5-6-11-30(27)29)41-33(43)28-16-14-26(15-17-28)21-37-22-32-38-18-19-39-32/h5-7,9-12,14-19,24-25,31,37H,8,13,20-23H2,1-4H3,(H4-,36,38,39,40,41,43,44,45)/p+1/t25?,31-,42-/m0/s1. The molecule has 0 saturated carbocycles. The molecule has 0 aliphatic carbocycles. The Bertz CT molecular complexity index is 1560. The molecule has 0 fully saturated rings. The lowest BCUT2D eigenvalue weighted by Gasteiger charge is -2.31. The summed E-state index contributed by atoms with van der Waals surface area (Å²) in [6.45, 7) is 8.32. The largest absolute Gasteiger partial charge is 0.413 e. The molecule has 0 radical (unpaired) electrons. The van der Waals surface area contributed by atoms with Crippen molar-refractivity contribution in [3.63, 3.8) is 0 Å². The van der Waals surface area contributed by atoms with Crippen molar-refractivity contribution in [3.05, 3.63) is 102 Å². The maximum absolute atomic E-state index is 13.7. The number of urea groups is 1. The van der Waals surface area contributed by atoms with Gasteiger partial charge in [-0.3, -0.25) is 9.59 Å². The van der Waals surface area contributed by atoms with Gasteiger partial charge in [0.2, 0.25) is 5.91 Å². The van der Waals surface area contributed by atoms with Crippen LogP contribution in [0, 0.1) is 5.92 Å². The molecule has 10 heteroatoms. The molecule has 0 bridgehead atoms. The number of nitrogens with two attached hydrogens (primary N) is 1. The molecule has 0 spiro atoms. The summed E-state index contributed by atoms with van der Waals surface area (Å²) in [6.07, 6.45) is 4.37. The van der Waals surface area contributed by atoms with Crippen LogP contribution in [0.25, 0.3) is 10.8 Å². The Morgan fingerprint density at radius 3 is 2.36 bits per heavy atom. The molecule has 4 aromatic rings. The number of aromatic amines is 1. The van der Waals surface area contributed by atoms with E-state index in [1.807, 2.05) is 82.4 Å². The number of primary amides is 1. The normalized spacial score (nSPS) is 14.1. The van der Waals surface area contributed by atoms with E-state index >= 15 is 0 Å². The Morgan fingerprint density at radius 2 is 1.67 bits per heavy atom. The SMILES string of the molecule is CC(C)C[N@+](C)(CCC[C@H](NC(=O)c1ccc(CNCc2ncc[nH]2)cc1)C(=O)NC(C)c1cccc2ccccc12)C(N)=O. The number of hydrogen-bond donors (Lipinski definition) is 5. The number of carbonyl (C=O) groups is 3. The van der Waals surface area contributed by atoms with Crippen molar-refractivity contribution in [3.8, 4) is 0 Å². The molecular weight excluding hydrogens is 566 g/mol. The smallest absolute Gasteiger partial charge is 0.348 e. The molecule has 10 nitrogen and oxygen atoms in total. The van der Waals surface area contributed by atoms with Gasteiger partial charge in [0.15, 0.2) is 0 Å². The minimum absolute atomic E-state index is 0.0712. The third-order valence-electron chi connectivity index (χ3n) is 8.11. The number of nitrogens with one attached hydrogen (secondary N) is 4. The molecule has 0 aliphatic rings. The molecule has 0 saturated heterocycles. The average Bonchev–Trinajstić information content (AvgIpc) is 3.53. The number of quaternary nitrogens is 1. The van der Waals surface area contributed by atoms with Gasteiger partial charge in [0, 0.05) is 30.4 Å². The monoisotopic (exact) mass is 612 g/mol. The molecule has 45 heavy (non-hydrogen) atoms. The van der Waals surface area contributed by atoms with Crippen LogP contribution in [0.1, 0.15) is 67.0 Å². The number of amides is 4. The van der Waals surface area contributed by atoms with Crippen molar-refractivity contribution in [1.82, 2.24) is 25.9 Å². The highest BCUT2D eigenvalue weighted by Crippen LogP contribution is 2.24. The van der Waals surface area contributed by atoms with Crippen LogP contribution in [0.4, 0.5) is 4.79 Å². The molecule has 1 heterocycles. The lowest BCUT2D eigenvalue weighted by molar-refractivity contribution is -0.832. The minimum Gasteiger partial charge on any atom is -0.348 e. The first-order chi connectivity index (χ1) is 21.6. The van der Waals surface area contributed by atoms with E-state index in [9.17, 15) is 14.4 Å². The summed E-state index contributed by atoms with van der Waals surface area (Å²) >= 11 is 0. The molecule has 238 valence electrons. The van der Waals surface area contributed by atoms with E-state index in [4.69, 9.17) is 5.73 Å². The zero-order valence-electron chi connectivity index (χ0n) is 26.7. The zero-order valence-corrected chi connectivity index (χ0v) is 26.7. The quantitative estimate of drug-likeness (QED) is 0.123. The molecule has 0 aliphatic heterocycles. The zero-order chi connectivity index (χ0) is 32.4. The summed E-state index contributed by atoms with van der Waals surface area (Å²) in [5.74, 6) is 0.507. The fourth-order valence-corrected chi connectivity index (χ4v) is 5.77. The van der Waals surface area contributed by atoms with E-state index in [-0.39, 0.29) is 28.3 Å². The van der Waals surface area contributed by atoms with Crippen molar-refractivity contribution in [2.75, 3.05) is 20.1 Å². The van der Waals surface area contributed by atoms with Crippen molar-refractivity contribution < 1.29 is 18.9 Å². The minimum atomic E-state index is -0.801. The Labute approximate surface area is 265 Å². The van der Waals surface area contributed by atoms with Crippen LogP contribution >= 0.6 is 0 Å². The highest BCUT2D eigenvalue weighted by atomic mass is 16.2. The third kappa shape index (κ3) is 9.23. The number of fused-ring (bicyclic) bond motifs is 1. The second-order valence-electron chi connectivity index (χ2n) is 12.3. The Kier molecular flexibility index (Phi) is 11.5. The first-order valence-electron chi connectivity index (χ1n) is 15.6. The first kappa shape index (κ1) is 33.4. The summed E-state index contributed by atoms with van der Waals surface area (Å²) in [6, 6.07) is 19.9. The number of H-pyrrole nitrogens is 1. The lowest BCUT2D eigenvalue weighted by atomic mass is 9.99. The van der Waals surface area contributed by atoms with Crippen molar-refractivity contribution in [1.29, 1.82) is 0 Å². The van der Waals surface area contributed by atoms with Crippen LogP contribution in [-0.2, 0) is 17.9 Å². The van der Waals surface area contributed by atoms with Crippen molar-refractivity contribution in [2.45, 2.75) is 58.8 Å². The highest BCUT2D eigenvalue weighted by Gasteiger charge is 2.31. The summed E-state index contributed by atoms with van der Waals surface area (Å²) in [7, 11) is 1.82. The van der Waals surface area contributed by atoms with Gasteiger partial charge in [-0.2, -0.15) is 0 Å². The second kappa shape index (κ2) is 15.5. The summed E-state index contributed by atoms with van der Waals surface area (Å²) in [4.78, 5) is 46.7. The van der Waals surface area contributed by atoms with Crippen LogP contribution in [0.3, 0.4) is 0 Å². The summed E-state index contributed by atoms with van der Waals surface area (Å²) < 4.78 is 0.0712. The van der Waals surface area contributed by atoms with Gasteiger partial charge in [-0.05, 0) is 53.8 Å². The lowest BCUT2D eigenvalue weighted by Crippen LogP contribution is -2.55. The molecule has 6 N–H and O–H groups in total. The predicted molar refractivity (Wildman–Crippen MR) is 177 cm³/mol. The topological polar surface area (TPSA) is 142 Å². The molecule has 4 rings (SSSR count). The fourth-order valence-electron chi connectivity index (χ4n) is 5.77. The third-order valence-corrected chi connectivity index (χ3v) is 8.11. The van der Waals surface area contributed by atoms with Gasteiger partial charge in [-0.1, -0.05) is 68.4 Å². The van der Waals surface area contributed by atoms with E-state index in [1.54, 1.807) is 24.5 Å². The van der Waals surface area contributed by atoms with E-state index in [0.717, 1.165) is 27.7 Å². The number of imidazole rings is 1. The summed E-state index contributed by atoms with van der Waals surface area (Å²) in [5, 5.41) is 11.6. The number of carbonyl (C=O) groups excluding carboxylic acids is 3. The van der Waals surface area contributed by atoms with Crippen molar-refractivity contribution in [2.24, 2.45) is 11.7 Å². The van der Waals surface area contributed by atoms with Gasteiger partial charge in [-0.15, -0.1) is 0 Å². The van der Waals surface area contributed by atoms with Crippen LogP contribution in [0.5, 0.6) is 0 Å². The Morgan fingerprint density at radius 1 is 0.933 bits per heavy atom. The van der Waals surface area contributed by atoms with Gasteiger partial charge >= 0.3 is 6.03 Å². The van der Waals surface area contributed by atoms with Gasteiger partial charge in [-0.25, -0.2) is 14.3 Å². The Balaban J connectivity index is 1.45. The summed E-state index contributed by atoms with van der Waals surface area (Å²) in [5.41, 5.74) is 8.25. The predicted octanol–water partition coefficient (Wildman–Crippen LogP) is 4.79. The van der Waals surface area contributed by atoms with Crippen molar-refractivity contribution >= 4 is 28.6 Å². The molecule has 3 aromatic carbocycles. The van der Waals surface area contributed by atoms with E-state index in [1.165, 1.54) is 0 Å². The number of rotatable bonds is 15. The fraction of sp³-hybridized carbons (Fsp3) is 0.371. The van der Waals surface area contributed by atoms with Crippen LogP contribution < -0.4 is 21.7 Å². The van der Waals surface area contributed by atoms with Crippen LogP contribution in [0.2, 0.25) is 0 Å². The number of nitrogens with zero attached hydrogens (tertiary/aromatic N) is 2. The van der Waals surface area contributed by atoms with E-state index < -0.39 is 12.1 Å². The maximum Gasteiger partial charge on any atom is 0.413 e. The van der Waals surface area contributed by atoms with Gasteiger partial charge < -0.3 is 26.7 Å². The molecule has 1 aromatic heterocycles. The highest BCUT2D eigenvalue weighted by molar-refractivity contribution is 5.97. The Hall–Kier alpha value is -4.54. The van der Waals surface area contributed by atoms with Crippen LogP contribution in [0.15, 0.2) is 79.1 Å². The molecular formula is C35H46N7O3+. The van der Waals surface area contributed by atoms with Gasteiger partial charge in [0.1, 0.15) is 11.9 Å². The maximum atomic E-state index is 13.7. The number of hydrogen-bond acceptors (Lipinski definition) is 5. The van der Waals surface area contributed by atoms with E-state index in [0.29, 0.717) is 44.6 Å². The van der Waals surface area contributed by atoms with Gasteiger partial charge in [0.05, 0.1) is 32.7 Å².